The van der Waals surface area contributed by atoms with Crippen LogP contribution in [0.3, 0.4) is 0 Å². The molecule has 25 heavy (non-hydrogen) atoms. The molecule has 0 aliphatic carbocycles. The number of amides is 1. The minimum absolute atomic E-state index is 0.0655. The first-order chi connectivity index (χ1) is 12.0. The highest BCUT2D eigenvalue weighted by atomic mass is 16.5. The number of aromatic nitrogens is 1. The predicted molar refractivity (Wildman–Crippen MR) is 98.6 cm³/mol. The fourth-order valence-electron chi connectivity index (χ4n) is 2.31. The maximum Gasteiger partial charge on any atom is 0.244 e. The lowest BCUT2D eigenvalue weighted by atomic mass is 10.1. The summed E-state index contributed by atoms with van der Waals surface area (Å²) in [5.74, 6) is 1.16. The molecule has 5 nitrogen and oxygen atoms in total. The standard InChI is InChI=1S/C20H24N2O3/c1-14(2)25-18-7-5-16(13-19(18)24-4)6-8-20(23)22-15(3)17-9-11-21-12-10-17/h5-15H,1-4H3,(H,22,23). The third kappa shape index (κ3) is 5.64. The third-order valence-corrected chi connectivity index (χ3v) is 3.54. The van der Waals surface area contributed by atoms with Crippen LogP contribution in [0, 0.1) is 0 Å². The quantitative estimate of drug-likeness (QED) is 0.780. The van der Waals surface area contributed by atoms with Crippen LogP contribution in [0.25, 0.3) is 6.08 Å². The molecule has 0 aliphatic rings. The van der Waals surface area contributed by atoms with E-state index in [2.05, 4.69) is 10.3 Å². The van der Waals surface area contributed by atoms with Crippen molar-refractivity contribution >= 4 is 12.0 Å². The van der Waals surface area contributed by atoms with E-state index in [1.165, 1.54) is 6.08 Å². The molecular weight excluding hydrogens is 316 g/mol. The lowest BCUT2D eigenvalue weighted by Gasteiger charge is -2.14. The second-order valence-electron chi connectivity index (χ2n) is 5.92. The van der Waals surface area contributed by atoms with Crippen LogP contribution in [0.1, 0.15) is 37.9 Å². The van der Waals surface area contributed by atoms with E-state index in [-0.39, 0.29) is 18.1 Å². The Bertz CT molecular complexity index is 727. The number of carbonyl (C=O) groups excluding carboxylic acids is 1. The predicted octanol–water partition coefficient (Wildman–Crippen LogP) is 3.77. The van der Waals surface area contributed by atoms with Crippen LogP contribution in [0.15, 0.2) is 48.8 Å². The van der Waals surface area contributed by atoms with E-state index in [9.17, 15) is 4.79 Å². The smallest absolute Gasteiger partial charge is 0.244 e. The van der Waals surface area contributed by atoms with E-state index in [4.69, 9.17) is 9.47 Å². The number of hydrogen-bond acceptors (Lipinski definition) is 4. The van der Waals surface area contributed by atoms with Crippen molar-refractivity contribution < 1.29 is 14.3 Å². The summed E-state index contributed by atoms with van der Waals surface area (Å²) < 4.78 is 11.0. The van der Waals surface area contributed by atoms with Gasteiger partial charge in [0.25, 0.3) is 0 Å². The lowest BCUT2D eigenvalue weighted by molar-refractivity contribution is -0.117. The molecule has 0 saturated carbocycles. The molecule has 1 amide bonds. The molecule has 132 valence electrons. The average Bonchev–Trinajstić information content (AvgIpc) is 2.61. The summed E-state index contributed by atoms with van der Waals surface area (Å²) in [6, 6.07) is 9.25. The number of nitrogens with one attached hydrogen (secondary N) is 1. The largest absolute Gasteiger partial charge is 0.493 e. The Morgan fingerprint density at radius 2 is 1.84 bits per heavy atom. The first kappa shape index (κ1) is 18.5. The Balaban J connectivity index is 2.02. The summed E-state index contributed by atoms with van der Waals surface area (Å²) in [4.78, 5) is 16.1. The van der Waals surface area contributed by atoms with Gasteiger partial charge in [-0.05, 0) is 62.2 Å². The molecule has 0 spiro atoms. The van der Waals surface area contributed by atoms with Crippen molar-refractivity contribution in [1.82, 2.24) is 10.3 Å². The fraction of sp³-hybridized carbons (Fsp3) is 0.300. The zero-order chi connectivity index (χ0) is 18.2. The molecule has 0 bridgehead atoms. The van der Waals surface area contributed by atoms with Crippen LogP contribution in [-0.2, 0) is 4.79 Å². The highest BCUT2D eigenvalue weighted by Crippen LogP contribution is 2.29. The molecule has 0 radical (unpaired) electrons. The molecule has 1 N–H and O–H groups in total. The minimum Gasteiger partial charge on any atom is -0.493 e. The number of carbonyl (C=O) groups is 1. The van der Waals surface area contributed by atoms with E-state index >= 15 is 0 Å². The van der Waals surface area contributed by atoms with Crippen LogP contribution in [0.2, 0.25) is 0 Å². The van der Waals surface area contributed by atoms with Gasteiger partial charge in [0.05, 0.1) is 19.3 Å². The first-order valence-electron chi connectivity index (χ1n) is 8.22. The van der Waals surface area contributed by atoms with Gasteiger partial charge >= 0.3 is 0 Å². The molecule has 1 aromatic heterocycles. The number of nitrogens with zero attached hydrogens (tertiary/aromatic N) is 1. The van der Waals surface area contributed by atoms with E-state index < -0.39 is 0 Å². The summed E-state index contributed by atoms with van der Waals surface area (Å²) in [6.07, 6.45) is 6.74. The third-order valence-electron chi connectivity index (χ3n) is 3.54. The maximum absolute atomic E-state index is 12.1. The van der Waals surface area contributed by atoms with Crippen molar-refractivity contribution in [2.45, 2.75) is 32.9 Å². The van der Waals surface area contributed by atoms with Crippen molar-refractivity contribution in [2.75, 3.05) is 7.11 Å². The summed E-state index contributed by atoms with van der Waals surface area (Å²) in [6.45, 7) is 5.85. The second kappa shape index (κ2) is 8.87. The summed E-state index contributed by atoms with van der Waals surface area (Å²) >= 11 is 0. The van der Waals surface area contributed by atoms with Crippen molar-refractivity contribution in [1.29, 1.82) is 0 Å². The van der Waals surface area contributed by atoms with Gasteiger partial charge in [0.2, 0.25) is 5.91 Å². The summed E-state index contributed by atoms with van der Waals surface area (Å²) in [5, 5.41) is 2.92. The molecule has 0 aliphatic heterocycles. The topological polar surface area (TPSA) is 60.5 Å². The second-order valence-corrected chi connectivity index (χ2v) is 5.92. The Labute approximate surface area is 148 Å². The van der Waals surface area contributed by atoms with Crippen LogP contribution in [0.5, 0.6) is 11.5 Å². The van der Waals surface area contributed by atoms with E-state index in [0.29, 0.717) is 11.5 Å². The van der Waals surface area contributed by atoms with Crippen molar-refractivity contribution in [3.05, 3.63) is 59.9 Å². The number of hydrogen-bond donors (Lipinski definition) is 1. The van der Waals surface area contributed by atoms with Crippen molar-refractivity contribution in [2.24, 2.45) is 0 Å². The van der Waals surface area contributed by atoms with Crippen LogP contribution in [0.4, 0.5) is 0 Å². The molecule has 2 aromatic rings. The number of rotatable bonds is 7. The maximum atomic E-state index is 12.1. The van der Waals surface area contributed by atoms with E-state index in [0.717, 1.165) is 11.1 Å². The summed E-state index contributed by atoms with van der Waals surface area (Å²) in [7, 11) is 1.60. The lowest BCUT2D eigenvalue weighted by Crippen LogP contribution is -2.24. The summed E-state index contributed by atoms with van der Waals surface area (Å²) in [5.41, 5.74) is 1.87. The fourth-order valence-corrected chi connectivity index (χ4v) is 2.31. The van der Waals surface area contributed by atoms with Crippen LogP contribution < -0.4 is 14.8 Å². The van der Waals surface area contributed by atoms with Gasteiger partial charge in [-0.15, -0.1) is 0 Å². The SMILES string of the molecule is COc1cc(C=CC(=O)NC(C)c2ccncc2)ccc1OC(C)C. The number of pyridine rings is 1. The van der Waals surface area contributed by atoms with Gasteiger partial charge in [0, 0.05) is 18.5 Å². The zero-order valence-electron chi connectivity index (χ0n) is 15.0. The van der Waals surface area contributed by atoms with Gasteiger partial charge in [-0.2, -0.15) is 0 Å². The average molecular weight is 340 g/mol. The number of ether oxygens (including phenoxy) is 2. The Morgan fingerprint density at radius 1 is 1.12 bits per heavy atom. The van der Waals surface area contributed by atoms with Crippen LogP contribution >= 0.6 is 0 Å². The van der Waals surface area contributed by atoms with E-state index in [1.54, 1.807) is 25.6 Å². The van der Waals surface area contributed by atoms with Gasteiger partial charge in [-0.1, -0.05) is 6.07 Å². The first-order valence-corrected chi connectivity index (χ1v) is 8.22. The molecule has 5 heteroatoms. The van der Waals surface area contributed by atoms with Gasteiger partial charge in [0.1, 0.15) is 0 Å². The molecule has 1 atom stereocenters. The highest BCUT2D eigenvalue weighted by molar-refractivity contribution is 5.92. The highest BCUT2D eigenvalue weighted by Gasteiger charge is 2.08. The zero-order valence-corrected chi connectivity index (χ0v) is 15.0. The monoisotopic (exact) mass is 340 g/mol. The number of benzene rings is 1. The molecule has 1 aromatic carbocycles. The molecule has 0 fully saturated rings. The Hall–Kier alpha value is -2.82. The number of methoxy groups -OCH3 is 1. The van der Waals surface area contributed by atoms with Crippen molar-refractivity contribution in [3.8, 4) is 11.5 Å². The van der Waals surface area contributed by atoms with Gasteiger partial charge in [-0.25, -0.2) is 0 Å². The van der Waals surface area contributed by atoms with Gasteiger partial charge in [0.15, 0.2) is 11.5 Å². The van der Waals surface area contributed by atoms with Gasteiger partial charge in [-0.3, -0.25) is 9.78 Å². The molecule has 2 rings (SSSR count). The van der Waals surface area contributed by atoms with E-state index in [1.807, 2.05) is 51.1 Å². The molecule has 1 heterocycles. The minimum atomic E-state index is -0.161. The molecular formula is C20H24N2O3. The van der Waals surface area contributed by atoms with Crippen LogP contribution in [-0.4, -0.2) is 24.1 Å². The Morgan fingerprint density at radius 3 is 2.48 bits per heavy atom. The van der Waals surface area contributed by atoms with Gasteiger partial charge < -0.3 is 14.8 Å². The van der Waals surface area contributed by atoms with Crippen molar-refractivity contribution in [3.63, 3.8) is 0 Å². The Kier molecular flexibility index (Phi) is 6.57. The normalized spacial score (nSPS) is 12.2. The molecule has 0 saturated heterocycles. The molecule has 1 unspecified atom stereocenters.